The van der Waals surface area contributed by atoms with Crippen LogP contribution in [0, 0.1) is 0 Å². The van der Waals surface area contributed by atoms with Crippen molar-refractivity contribution < 1.29 is 5.11 Å². The molecule has 0 saturated heterocycles. The van der Waals surface area contributed by atoms with Crippen LogP contribution in [0.15, 0.2) is 43.1 Å². The van der Waals surface area contributed by atoms with Gasteiger partial charge < -0.3 is 5.11 Å². The quantitative estimate of drug-likeness (QED) is 0.809. The van der Waals surface area contributed by atoms with Gasteiger partial charge in [-0.15, -0.1) is 0 Å². The van der Waals surface area contributed by atoms with E-state index in [0.717, 1.165) is 5.56 Å². The molecular weight excluding hydrogens is 190 g/mol. The van der Waals surface area contributed by atoms with E-state index in [1.165, 1.54) is 6.33 Å². The van der Waals surface area contributed by atoms with Gasteiger partial charge in [-0.1, -0.05) is 6.07 Å². The number of aliphatic hydroxyl groups is 1. The minimum atomic E-state index is -0.600. The molecule has 4 heteroatoms. The Balaban J connectivity index is 2.08. The molecule has 0 radical (unpaired) electrons. The Labute approximate surface area is 87.7 Å². The molecule has 1 atom stereocenters. The molecule has 0 spiro atoms. The van der Waals surface area contributed by atoms with Crippen LogP contribution in [0.25, 0.3) is 0 Å². The van der Waals surface area contributed by atoms with Gasteiger partial charge in [0.2, 0.25) is 0 Å². The molecule has 2 heterocycles. The number of aliphatic hydroxyl groups excluding tert-OH is 1. The Bertz CT molecular complexity index is 405. The first-order chi connectivity index (χ1) is 7.36. The molecule has 0 amide bonds. The summed E-state index contributed by atoms with van der Waals surface area (Å²) in [6, 6.07) is 5.49. The van der Waals surface area contributed by atoms with Gasteiger partial charge in [0.15, 0.2) is 0 Å². The Morgan fingerprint density at radius 1 is 1.20 bits per heavy atom. The lowest BCUT2D eigenvalue weighted by Crippen LogP contribution is -2.04. The molecule has 15 heavy (non-hydrogen) atoms. The Morgan fingerprint density at radius 2 is 2.13 bits per heavy atom. The summed E-state index contributed by atoms with van der Waals surface area (Å²) in [5.41, 5.74) is 1.62. The van der Waals surface area contributed by atoms with Crippen molar-refractivity contribution in [1.29, 1.82) is 0 Å². The van der Waals surface area contributed by atoms with Crippen molar-refractivity contribution in [3.05, 3.63) is 54.4 Å². The average molecular weight is 201 g/mol. The van der Waals surface area contributed by atoms with E-state index >= 15 is 0 Å². The van der Waals surface area contributed by atoms with E-state index in [4.69, 9.17) is 0 Å². The topological polar surface area (TPSA) is 58.9 Å². The number of pyridine rings is 1. The molecule has 1 unspecified atom stereocenters. The van der Waals surface area contributed by atoms with Gasteiger partial charge in [0.1, 0.15) is 12.4 Å². The normalized spacial score (nSPS) is 12.3. The molecule has 0 aliphatic carbocycles. The van der Waals surface area contributed by atoms with Crippen LogP contribution in [0.3, 0.4) is 0 Å². The standard InChI is InChI=1S/C11H11N3O/c15-11(10-3-5-13-8-14-10)6-9-2-1-4-12-7-9/h1-5,7-8,11,15H,6H2. The van der Waals surface area contributed by atoms with Gasteiger partial charge in [-0.3, -0.25) is 4.98 Å². The molecule has 1 N–H and O–H groups in total. The largest absolute Gasteiger partial charge is 0.386 e. The molecule has 0 aliphatic heterocycles. The third-order valence-corrected chi connectivity index (χ3v) is 2.10. The Kier molecular flexibility index (Phi) is 2.99. The third-order valence-electron chi connectivity index (χ3n) is 2.10. The summed E-state index contributed by atoms with van der Waals surface area (Å²) in [4.78, 5) is 11.8. The number of nitrogens with zero attached hydrogens (tertiary/aromatic N) is 3. The van der Waals surface area contributed by atoms with Gasteiger partial charge in [-0.25, -0.2) is 9.97 Å². The van der Waals surface area contributed by atoms with E-state index in [1.54, 1.807) is 24.7 Å². The van der Waals surface area contributed by atoms with Crippen molar-refractivity contribution in [1.82, 2.24) is 15.0 Å². The van der Waals surface area contributed by atoms with Crippen molar-refractivity contribution in [3.8, 4) is 0 Å². The Hall–Kier alpha value is -1.81. The SMILES string of the molecule is OC(Cc1cccnc1)c1ccncn1. The summed E-state index contributed by atoms with van der Waals surface area (Å²) in [7, 11) is 0. The first-order valence-electron chi connectivity index (χ1n) is 4.69. The smallest absolute Gasteiger partial charge is 0.115 e. The first kappa shape index (κ1) is 9.73. The van der Waals surface area contributed by atoms with Crippen LogP contribution in [0.1, 0.15) is 17.4 Å². The fourth-order valence-electron chi connectivity index (χ4n) is 1.34. The summed E-state index contributed by atoms with van der Waals surface area (Å²) in [5.74, 6) is 0. The van der Waals surface area contributed by atoms with Gasteiger partial charge in [-0.05, 0) is 17.7 Å². The minimum absolute atomic E-state index is 0.519. The highest BCUT2D eigenvalue weighted by atomic mass is 16.3. The van der Waals surface area contributed by atoms with E-state index in [9.17, 15) is 5.11 Å². The Morgan fingerprint density at radius 3 is 2.80 bits per heavy atom. The number of aromatic nitrogens is 3. The van der Waals surface area contributed by atoms with Gasteiger partial charge in [0.05, 0.1) is 5.69 Å². The van der Waals surface area contributed by atoms with Crippen molar-refractivity contribution in [3.63, 3.8) is 0 Å². The number of hydrogen-bond donors (Lipinski definition) is 1. The molecule has 0 aliphatic rings. The zero-order valence-corrected chi connectivity index (χ0v) is 8.11. The van der Waals surface area contributed by atoms with Crippen LogP contribution in [0.5, 0.6) is 0 Å². The second-order valence-electron chi connectivity index (χ2n) is 3.22. The predicted octanol–water partition coefficient (Wildman–Crippen LogP) is 1.15. The minimum Gasteiger partial charge on any atom is -0.386 e. The molecular formula is C11H11N3O. The van der Waals surface area contributed by atoms with Crippen LogP contribution in [0.4, 0.5) is 0 Å². The average Bonchev–Trinajstić information content (AvgIpc) is 2.31. The maximum absolute atomic E-state index is 9.86. The van der Waals surface area contributed by atoms with Crippen molar-refractivity contribution in [2.24, 2.45) is 0 Å². The highest BCUT2D eigenvalue weighted by Gasteiger charge is 2.09. The molecule has 2 aromatic heterocycles. The van der Waals surface area contributed by atoms with Gasteiger partial charge in [-0.2, -0.15) is 0 Å². The molecule has 0 fully saturated rings. The van der Waals surface area contributed by atoms with Crippen LogP contribution < -0.4 is 0 Å². The third kappa shape index (κ3) is 2.57. The van der Waals surface area contributed by atoms with Crippen LogP contribution in [-0.2, 0) is 6.42 Å². The molecule has 76 valence electrons. The summed E-state index contributed by atoms with van der Waals surface area (Å²) in [5, 5.41) is 9.86. The van der Waals surface area contributed by atoms with Crippen molar-refractivity contribution in [2.75, 3.05) is 0 Å². The maximum atomic E-state index is 9.86. The van der Waals surface area contributed by atoms with E-state index < -0.39 is 6.10 Å². The number of hydrogen-bond acceptors (Lipinski definition) is 4. The van der Waals surface area contributed by atoms with E-state index in [0.29, 0.717) is 12.1 Å². The lowest BCUT2D eigenvalue weighted by atomic mass is 10.1. The summed E-state index contributed by atoms with van der Waals surface area (Å²) in [6.07, 6.45) is 6.42. The first-order valence-corrected chi connectivity index (χ1v) is 4.69. The lowest BCUT2D eigenvalue weighted by Gasteiger charge is -2.08. The zero-order valence-electron chi connectivity index (χ0n) is 8.11. The fraction of sp³-hybridized carbons (Fsp3) is 0.182. The summed E-state index contributed by atoms with van der Waals surface area (Å²) in [6.45, 7) is 0. The van der Waals surface area contributed by atoms with E-state index in [2.05, 4.69) is 15.0 Å². The molecule has 4 nitrogen and oxygen atoms in total. The molecule has 0 saturated carbocycles. The maximum Gasteiger partial charge on any atom is 0.115 e. The van der Waals surface area contributed by atoms with E-state index in [-0.39, 0.29) is 0 Å². The van der Waals surface area contributed by atoms with Gasteiger partial charge in [0, 0.05) is 25.0 Å². The highest BCUT2D eigenvalue weighted by molar-refractivity contribution is 5.13. The van der Waals surface area contributed by atoms with E-state index in [1.807, 2.05) is 12.1 Å². The second-order valence-corrected chi connectivity index (χ2v) is 3.22. The second kappa shape index (κ2) is 4.61. The zero-order chi connectivity index (χ0) is 10.5. The molecule has 2 aromatic rings. The molecule has 0 aromatic carbocycles. The number of rotatable bonds is 3. The summed E-state index contributed by atoms with van der Waals surface area (Å²) < 4.78 is 0. The van der Waals surface area contributed by atoms with Crippen molar-refractivity contribution >= 4 is 0 Å². The fourth-order valence-corrected chi connectivity index (χ4v) is 1.34. The highest BCUT2D eigenvalue weighted by Crippen LogP contribution is 2.14. The molecule has 0 bridgehead atoms. The van der Waals surface area contributed by atoms with Crippen LogP contribution in [0.2, 0.25) is 0 Å². The van der Waals surface area contributed by atoms with Crippen molar-refractivity contribution in [2.45, 2.75) is 12.5 Å². The lowest BCUT2D eigenvalue weighted by molar-refractivity contribution is 0.173. The monoisotopic (exact) mass is 201 g/mol. The predicted molar refractivity (Wildman–Crippen MR) is 54.9 cm³/mol. The molecule has 2 rings (SSSR count). The summed E-state index contributed by atoms with van der Waals surface area (Å²) >= 11 is 0. The van der Waals surface area contributed by atoms with Crippen LogP contribution in [-0.4, -0.2) is 20.1 Å². The van der Waals surface area contributed by atoms with Gasteiger partial charge in [0.25, 0.3) is 0 Å². The van der Waals surface area contributed by atoms with Gasteiger partial charge >= 0.3 is 0 Å². The van der Waals surface area contributed by atoms with Crippen LogP contribution >= 0.6 is 0 Å².